The zero-order chi connectivity index (χ0) is 22.1. The first-order valence-electron chi connectivity index (χ1n) is 10.3. The summed E-state index contributed by atoms with van der Waals surface area (Å²) in [5.41, 5.74) is 1.84. The molecule has 4 aromatic rings. The Bertz CT molecular complexity index is 1240. The Hall–Kier alpha value is -3.95. The van der Waals surface area contributed by atoms with E-state index in [1.165, 1.54) is 12.1 Å². The van der Waals surface area contributed by atoms with E-state index < -0.39 is 17.7 Å². The fourth-order valence-electron chi connectivity index (χ4n) is 3.31. The molecule has 0 aliphatic heterocycles. The van der Waals surface area contributed by atoms with E-state index in [9.17, 15) is 8.78 Å². The summed E-state index contributed by atoms with van der Waals surface area (Å²) in [6.07, 6.45) is 3.73. The molecule has 1 saturated carbocycles. The molecule has 1 unspecified atom stereocenters. The van der Waals surface area contributed by atoms with Gasteiger partial charge in [-0.2, -0.15) is 20.1 Å². The number of pyridine rings is 1. The van der Waals surface area contributed by atoms with Crippen LogP contribution in [-0.2, 0) is 0 Å². The molecule has 162 valence electrons. The van der Waals surface area contributed by atoms with Crippen LogP contribution in [0.15, 0.2) is 48.7 Å². The standard InChI is InChI=1S/C22H20F2N8/c1-12(15-8-7-14(23)10-16(15)24)26-21-28-20(13-5-6-13)29-22(30-21)27-19-11-18(31-32-19)17-4-2-3-9-25-17/h2-4,7-13H,5-6H2,1H3,(H3,26,27,28,29,30,31,32). The summed E-state index contributed by atoms with van der Waals surface area (Å²) in [5, 5.41) is 13.4. The normalized spacial score (nSPS) is 14.2. The summed E-state index contributed by atoms with van der Waals surface area (Å²) in [5.74, 6) is 0.861. The average Bonchev–Trinajstić information content (AvgIpc) is 3.53. The van der Waals surface area contributed by atoms with Crippen LogP contribution in [0, 0.1) is 11.6 Å². The number of aromatic amines is 1. The van der Waals surface area contributed by atoms with Gasteiger partial charge >= 0.3 is 0 Å². The maximum absolute atomic E-state index is 14.2. The molecular weight excluding hydrogens is 414 g/mol. The van der Waals surface area contributed by atoms with Crippen LogP contribution in [0.25, 0.3) is 11.4 Å². The van der Waals surface area contributed by atoms with Crippen LogP contribution in [0.2, 0.25) is 0 Å². The number of nitrogens with one attached hydrogen (secondary N) is 3. The van der Waals surface area contributed by atoms with E-state index in [2.05, 4.69) is 40.8 Å². The van der Waals surface area contributed by atoms with Gasteiger partial charge in [-0.05, 0) is 38.0 Å². The van der Waals surface area contributed by atoms with E-state index >= 15 is 0 Å². The Kier molecular flexibility index (Phi) is 5.18. The van der Waals surface area contributed by atoms with Gasteiger partial charge in [0.15, 0.2) is 5.82 Å². The van der Waals surface area contributed by atoms with Crippen molar-refractivity contribution in [1.29, 1.82) is 0 Å². The van der Waals surface area contributed by atoms with Gasteiger partial charge in [-0.3, -0.25) is 10.1 Å². The minimum atomic E-state index is -0.626. The predicted molar refractivity (Wildman–Crippen MR) is 115 cm³/mol. The third-order valence-electron chi connectivity index (χ3n) is 5.13. The lowest BCUT2D eigenvalue weighted by Gasteiger charge is -2.16. The zero-order valence-electron chi connectivity index (χ0n) is 17.2. The Morgan fingerprint density at radius 2 is 1.88 bits per heavy atom. The topological polar surface area (TPSA) is 104 Å². The molecule has 0 saturated heterocycles. The molecular formula is C22H20F2N8. The first kappa shape index (κ1) is 20.0. The van der Waals surface area contributed by atoms with Crippen LogP contribution >= 0.6 is 0 Å². The Morgan fingerprint density at radius 1 is 1.03 bits per heavy atom. The second-order valence-corrected chi connectivity index (χ2v) is 7.65. The van der Waals surface area contributed by atoms with Crippen LogP contribution in [-0.4, -0.2) is 30.1 Å². The molecule has 3 aromatic heterocycles. The molecule has 1 aromatic carbocycles. The Balaban J connectivity index is 1.38. The first-order chi connectivity index (χ1) is 15.5. The number of anilines is 3. The molecule has 0 radical (unpaired) electrons. The molecule has 3 N–H and O–H groups in total. The molecule has 1 aliphatic rings. The molecule has 10 heteroatoms. The zero-order valence-corrected chi connectivity index (χ0v) is 17.2. The summed E-state index contributed by atoms with van der Waals surface area (Å²) in [7, 11) is 0. The number of aromatic nitrogens is 6. The predicted octanol–water partition coefficient (Wildman–Crippen LogP) is 4.73. The van der Waals surface area contributed by atoms with Crippen molar-refractivity contribution in [3.05, 3.63) is 71.7 Å². The van der Waals surface area contributed by atoms with Crippen molar-refractivity contribution >= 4 is 17.7 Å². The van der Waals surface area contributed by atoms with E-state index in [1.807, 2.05) is 24.3 Å². The summed E-state index contributed by atoms with van der Waals surface area (Å²) < 4.78 is 27.4. The third-order valence-corrected chi connectivity index (χ3v) is 5.13. The molecule has 0 bridgehead atoms. The van der Waals surface area contributed by atoms with Gasteiger partial charge < -0.3 is 10.6 Å². The summed E-state index contributed by atoms with van der Waals surface area (Å²) in [6, 6.07) is 10.5. The van der Waals surface area contributed by atoms with Gasteiger partial charge in [0.2, 0.25) is 11.9 Å². The molecule has 0 spiro atoms. The molecule has 32 heavy (non-hydrogen) atoms. The lowest BCUT2D eigenvalue weighted by molar-refractivity contribution is 0.566. The average molecular weight is 434 g/mol. The van der Waals surface area contributed by atoms with Crippen LogP contribution < -0.4 is 10.6 Å². The van der Waals surface area contributed by atoms with Gasteiger partial charge in [-0.1, -0.05) is 12.1 Å². The van der Waals surface area contributed by atoms with Crippen LogP contribution in [0.4, 0.5) is 26.5 Å². The lowest BCUT2D eigenvalue weighted by Crippen LogP contribution is -2.14. The van der Waals surface area contributed by atoms with Gasteiger partial charge in [-0.25, -0.2) is 8.78 Å². The summed E-state index contributed by atoms with van der Waals surface area (Å²) in [4.78, 5) is 17.7. The van der Waals surface area contributed by atoms with Crippen LogP contribution in [0.1, 0.15) is 43.1 Å². The number of H-pyrrole nitrogens is 1. The molecule has 3 heterocycles. The van der Waals surface area contributed by atoms with Crippen molar-refractivity contribution in [2.45, 2.75) is 31.7 Å². The molecule has 1 aliphatic carbocycles. The molecule has 5 rings (SSSR count). The maximum atomic E-state index is 14.2. The Labute approximate surface area is 182 Å². The maximum Gasteiger partial charge on any atom is 0.233 e. The van der Waals surface area contributed by atoms with Crippen molar-refractivity contribution in [2.75, 3.05) is 10.6 Å². The van der Waals surface area contributed by atoms with Crippen molar-refractivity contribution in [3.63, 3.8) is 0 Å². The highest BCUT2D eigenvalue weighted by atomic mass is 19.1. The fourth-order valence-corrected chi connectivity index (χ4v) is 3.31. The first-order valence-corrected chi connectivity index (χ1v) is 10.3. The fraction of sp³-hybridized carbons (Fsp3) is 0.227. The third kappa shape index (κ3) is 4.39. The smallest absolute Gasteiger partial charge is 0.233 e. The van der Waals surface area contributed by atoms with Crippen LogP contribution in [0.3, 0.4) is 0 Å². The van der Waals surface area contributed by atoms with E-state index in [4.69, 9.17) is 0 Å². The highest BCUT2D eigenvalue weighted by molar-refractivity contribution is 5.61. The van der Waals surface area contributed by atoms with Crippen molar-refractivity contribution in [2.24, 2.45) is 0 Å². The number of benzene rings is 1. The van der Waals surface area contributed by atoms with E-state index in [0.717, 1.165) is 30.3 Å². The number of nitrogens with zero attached hydrogens (tertiary/aromatic N) is 5. The minimum absolute atomic E-state index is 0.278. The van der Waals surface area contributed by atoms with Gasteiger partial charge in [0.1, 0.15) is 17.5 Å². The second-order valence-electron chi connectivity index (χ2n) is 7.65. The SMILES string of the molecule is CC(Nc1nc(Nc2cc(-c3ccccn3)[nH]n2)nc(C2CC2)n1)c1ccc(F)cc1F. The summed E-state index contributed by atoms with van der Waals surface area (Å²) in [6.45, 7) is 1.76. The van der Waals surface area contributed by atoms with E-state index in [0.29, 0.717) is 29.1 Å². The van der Waals surface area contributed by atoms with Gasteiger partial charge in [0.25, 0.3) is 0 Å². The van der Waals surface area contributed by atoms with Gasteiger partial charge in [0.05, 0.1) is 17.4 Å². The van der Waals surface area contributed by atoms with Gasteiger partial charge in [0, 0.05) is 29.8 Å². The number of rotatable bonds is 7. The minimum Gasteiger partial charge on any atom is -0.347 e. The van der Waals surface area contributed by atoms with Crippen molar-refractivity contribution < 1.29 is 8.78 Å². The molecule has 0 amide bonds. The van der Waals surface area contributed by atoms with Gasteiger partial charge in [-0.15, -0.1) is 0 Å². The molecule has 1 atom stereocenters. The highest BCUT2D eigenvalue weighted by Crippen LogP contribution is 2.38. The number of hydrogen-bond donors (Lipinski definition) is 3. The van der Waals surface area contributed by atoms with E-state index in [1.54, 1.807) is 13.1 Å². The number of halogens is 2. The lowest BCUT2D eigenvalue weighted by atomic mass is 10.1. The largest absolute Gasteiger partial charge is 0.347 e. The highest BCUT2D eigenvalue weighted by Gasteiger charge is 2.28. The quantitative estimate of drug-likeness (QED) is 0.386. The summed E-state index contributed by atoms with van der Waals surface area (Å²) >= 11 is 0. The monoisotopic (exact) mass is 434 g/mol. The molecule has 8 nitrogen and oxygen atoms in total. The number of hydrogen-bond acceptors (Lipinski definition) is 7. The van der Waals surface area contributed by atoms with Crippen molar-refractivity contribution in [1.82, 2.24) is 30.1 Å². The molecule has 1 fully saturated rings. The van der Waals surface area contributed by atoms with Crippen molar-refractivity contribution in [3.8, 4) is 11.4 Å². The second kappa shape index (κ2) is 8.29. The Morgan fingerprint density at radius 3 is 2.62 bits per heavy atom. The van der Waals surface area contributed by atoms with Crippen LogP contribution in [0.5, 0.6) is 0 Å². The van der Waals surface area contributed by atoms with E-state index in [-0.39, 0.29) is 5.92 Å².